The van der Waals surface area contributed by atoms with Crippen LogP contribution in [0.15, 0.2) is 53.9 Å². The molecule has 0 bridgehead atoms. The molecule has 0 spiro atoms. The summed E-state index contributed by atoms with van der Waals surface area (Å²) < 4.78 is 1.99. The summed E-state index contributed by atoms with van der Waals surface area (Å²) in [6.07, 6.45) is 4.30. The number of amides is 1. The van der Waals surface area contributed by atoms with Crippen LogP contribution < -0.4 is 5.32 Å². The molecule has 1 amide bonds. The highest BCUT2D eigenvalue weighted by atomic mass is 32.2. The summed E-state index contributed by atoms with van der Waals surface area (Å²) in [5.74, 6) is 0.660. The van der Waals surface area contributed by atoms with Gasteiger partial charge in [-0.25, -0.2) is 0 Å². The number of non-ortho nitro benzene ring substituents is 1. The van der Waals surface area contributed by atoms with Crippen molar-refractivity contribution in [1.82, 2.24) is 19.7 Å². The van der Waals surface area contributed by atoms with E-state index < -0.39 is 4.92 Å². The number of carbonyl (C=O) groups is 1. The molecule has 28 heavy (non-hydrogen) atoms. The number of rotatable bonds is 8. The van der Waals surface area contributed by atoms with Gasteiger partial charge in [-0.2, -0.15) is 0 Å². The van der Waals surface area contributed by atoms with Crippen LogP contribution in [0.5, 0.6) is 0 Å². The molecule has 0 unspecified atom stereocenters. The number of thioether (sulfide) groups is 1. The van der Waals surface area contributed by atoms with E-state index in [1.807, 2.05) is 16.7 Å². The lowest BCUT2D eigenvalue weighted by Gasteiger charge is -2.09. The number of benzene rings is 1. The van der Waals surface area contributed by atoms with Gasteiger partial charge in [-0.3, -0.25) is 19.9 Å². The summed E-state index contributed by atoms with van der Waals surface area (Å²) in [5, 5.41) is 22.5. The van der Waals surface area contributed by atoms with Crippen LogP contribution in [0.25, 0.3) is 11.4 Å². The van der Waals surface area contributed by atoms with E-state index in [4.69, 9.17) is 0 Å². The molecule has 3 aromatic rings. The van der Waals surface area contributed by atoms with Crippen molar-refractivity contribution in [2.24, 2.45) is 0 Å². The zero-order valence-electron chi connectivity index (χ0n) is 15.1. The number of hydrogen-bond acceptors (Lipinski definition) is 7. The summed E-state index contributed by atoms with van der Waals surface area (Å²) in [6, 6.07) is 9.44. The van der Waals surface area contributed by atoms with E-state index in [0.29, 0.717) is 10.8 Å². The molecular weight excluding hydrogens is 380 g/mol. The smallest absolute Gasteiger partial charge is 0.269 e. The number of nitrogens with one attached hydrogen (secondary N) is 1. The Bertz CT molecular complexity index is 959. The molecule has 2 aromatic heterocycles. The van der Waals surface area contributed by atoms with Crippen LogP contribution in [0.2, 0.25) is 0 Å². The Kier molecular flexibility index (Phi) is 6.33. The summed E-state index contributed by atoms with van der Waals surface area (Å²) in [5.41, 5.74) is 1.39. The molecule has 3 rings (SSSR count). The maximum atomic E-state index is 12.2. The third-order valence-electron chi connectivity index (χ3n) is 3.80. The van der Waals surface area contributed by atoms with Gasteiger partial charge < -0.3 is 9.88 Å². The summed E-state index contributed by atoms with van der Waals surface area (Å²) in [4.78, 5) is 26.4. The van der Waals surface area contributed by atoms with Crippen LogP contribution in [-0.4, -0.2) is 36.3 Å². The molecule has 0 atom stereocenters. The molecule has 1 N–H and O–H groups in total. The average Bonchev–Trinajstić information content (AvgIpc) is 3.10. The number of hydrogen-bond donors (Lipinski definition) is 1. The van der Waals surface area contributed by atoms with E-state index in [0.717, 1.165) is 24.4 Å². The van der Waals surface area contributed by atoms with Gasteiger partial charge in [-0.05, 0) is 30.7 Å². The van der Waals surface area contributed by atoms with Gasteiger partial charge in [0.15, 0.2) is 11.0 Å². The van der Waals surface area contributed by atoms with Gasteiger partial charge in [0.1, 0.15) is 0 Å². The third-order valence-corrected chi connectivity index (χ3v) is 4.76. The summed E-state index contributed by atoms with van der Waals surface area (Å²) in [6.45, 7) is 2.79. The first-order valence-corrected chi connectivity index (χ1v) is 9.57. The topological polar surface area (TPSA) is 116 Å². The lowest BCUT2D eigenvalue weighted by atomic mass is 10.2. The Morgan fingerprint density at radius 3 is 2.54 bits per heavy atom. The second kappa shape index (κ2) is 9.09. The van der Waals surface area contributed by atoms with Gasteiger partial charge >= 0.3 is 0 Å². The zero-order valence-corrected chi connectivity index (χ0v) is 15.9. The number of pyridine rings is 1. The molecule has 0 fully saturated rings. The van der Waals surface area contributed by atoms with E-state index in [1.165, 1.54) is 36.0 Å². The second-order valence-electron chi connectivity index (χ2n) is 5.83. The number of nitrogens with zero attached hydrogens (tertiary/aromatic N) is 5. The predicted octanol–water partition coefficient (Wildman–Crippen LogP) is 3.39. The third kappa shape index (κ3) is 4.71. The molecule has 144 valence electrons. The van der Waals surface area contributed by atoms with Gasteiger partial charge in [0.25, 0.3) is 5.69 Å². The predicted molar refractivity (Wildman–Crippen MR) is 106 cm³/mol. The fourth-order valence-electron chi connectivity index (χ4n) is 2.53. The SMILES string of the molecule is CCCn1c(SCC(=O)Nc2ccc([N+](=O)[O-])cc2)nnc1-c1ccncc1. The highest BCUT2D eigenvalue weighted by molar-refractivity contribution is 7.99. The van der Waals surface area contributed by atoms with Crippen molar-refractivity contribution in [2.45, 2.75) is 25.0 Å². The molecule has 0 aliphatic rings. The second-order valence-corrected chi connectivity index (χ2v) is 6.78. The normalized spacial score (nSPS) is 10.6. The van der Waals surface area contributed by atoms with Crippen molar-refractivity contribution in [1.29, 1.82) is 0 Å². The lowest BCUT2D eigenvalue weighted by molar-refractivity contribution is -0.384. The molecule has 1 aromatic carbocycles. The number of nitro groups is 1. The van der Waals surface area contributed by atoms with Crippen molar-refractivity contribution < 1.29 is 9.72 Å². The van der Waals surface area contributed by atoms with Crippen LogP contribution in [-0.2, 0) is 11.3 Å². The van der Waals surface area contributed by atoms with Gasteiger partial charge in [0, 0.05) is 42.3 Å². The van der Waals surface area contributed by atoms with Crippen molar-refractivity contribution >= 4 is 29.0 Å². The fourth-order valence-corrected chi connectivity index (χ4v) is 3.29. The summed E-state index contributed by atoms with van der Waals surface area (Å²) in [7, 11) is 0. The molecule has 0 saturated carbocycles. The van der Waals surface area contributed by atoms with Crippen molar-refractivity contribution in [3.63, 3.8) is 0 Å². The highest BCUT2D eigenvalue weighted by Crippen LogP contribution is 2.24. The number of nitro benzene ring substituents is 1. The van der Waals surface area contributed by atoms with Crippen molar-refractivity contribution in [3.8, 4) is 11.4 Å². The summed E-state index contributed by atoms with van der Waals surface area (Å²) >= 11 is 1.29. The van der Waals surface area contributed by atoms with E-state index in [1.54, 1.807) is 12.4 Å². The minimum Gasteiger partial charge on any atom is -0.325 e. The minimum atomic E-state index is -0.484. The molecule has 0 aliphatic heterocycles. The maximum absolute atomic E-state index is 12.2. The van der Waals surface area contributed by atoms with Crippen LogP contribution in [0.1, 0.15) is 13.3 Å². The largest absolute Gasteiger partial charge is 0.325 e. The minimum absolute atomic E-state index is 0.0244. The fraction of sp³-hybridized carbons (Fsp3) is 0.222. The van der Waals surface area contributed by atoms with Crippen molar-refractivity contribution in [3.05, 3.63) is 58.9 Å². The Morgan fingerprint density at radius 1 is 1.18 bits per heavy atom. The van der Waals surface area contributed by atoms with Crippen LogP contribution >= 0.6 is 11.8 Å². The van der Waals surface area contributed by atoms with Gasteiger partial charge in [-0.1, -0.05) is 18.7 Å². The number of anilines is 1. The standard InChI is InChI=1S/C18H18N6O3S/c1-2-11-23-17(13-7-9-19-10-8-13)21-22-18(23)28-12-16(25)20-14-3-5-15(6-4-14)24(26)27/h3-10H,2,11-12H2,1H3,(H,20,25). The van der Waals surface area contributed by atoms with Crippen molar-refractivity contribution in [2.75, 3.05) is 11.1 Å². The Labute approximate surface area is 165 Å². The van der Waals surface area contributed by atoms with Gasteiger partial charge in [0.2, 0.25) is 5.91 Å². The van der Waals surface area contributed by atoms with E-state index >= 15 is 0 Å². The van der Waals surface area contributed by atoms with E-state index in [2.05, 4.69) is 27.4 Å². The van der Waals surface area contributed by atoms with Crippen LogP contribution in [0.4, 0.5) is 11.4 Å². The first-order chi connectivity index (χ1) is 13.6. The van der Waals surface area contributed by atoms with Crippen LogP contribution in [0, 0.1) is 10.1 Å². The molecule has 0 radical (unpaired) electrons. The number of carbonyl (C=O) groups excluding carboxylic acids is 1. The molecule has 9 nitrogen and oxygen atoms in total. The van der Waals surface area contributed by atoms with Crippen LogP contribution in [0.3, 0.4) is 0 Å². The zero-order chi connectivity index (χ0) is 19.9. The Balaban J connectivity index is 1.66. The lowest BCUT2D eigenvalue weighted by Crippen LogP contribution is -2.14. The van der Waals surface area contributed by atoms with E-state index in [-0.39, 0.29) is 17.3 Å². The van der Waals surface area contributed by atoms with Gasteiger partial charge in [-0.15, -0.1) is 10.2 Å². The number of aromatic nitrogens is 4. The Hall–Kier alpha value is -3.27. The molecular formula is C18H18N6O3S. The Morgan fingerprint density at radius 2 is 1.89 bits per heavy atom. The van der Waals surface area contributed by atoms with Gasteiger partial charge in [0.05, 0.1) is 10.7 Å². The monoisotopic (exact) mass is 398 g/mol. The molecule has 2 heterocycles. The first kappa shape index (κ1) is 19.5. The first-order valence-electron chi connectivity index (χ1n) is 8.59. The molecule has 0 aliphatic carbocycles. The average molecular weight is 398 g/mol. The van der Waals surface area contributed by atoms with E-state index in [9.17, 15) is 14.9 Å². The molecule has 10 heteroatoms. The highest BCUT2D eigenvalue weighted by Gasteiger charge is 2.15. The molecule has 0 saturated heterocycles. The maximum Gasteiger partial charge on any atom is 0.269 e. The quantitative estimate of drug-likeness (QED) is 0.351.